The van der Waals surface area contributed by atoms with Crippen molar-refractivity contribution in [3.63, 3.8) is 0 Å². The fourth-order valence-corrected chi connectivity index (χ4v) is 14.9. The van der Waals surface area contributed by atoms with Crippen molar-refractivity contribution in [2.45, 2.75) is 10.8 Å². The van der Waals surface area contributed by atoms with Gasteiger partial charge in [-0.3, -0.25) is 0 Å². The molecule has 2 aliphatic rings. The summed E-state index contributed by atoms with van der Waals surface area (Å²) in [6.45, 7) is 0. The number of ether oxygens (including phenoxy) is 2. The van der Waals surface area contributed by atoms with Gasteiger partial charge in [0.2, 0.25) is 0 Å². The van der Waals surface area contributed by atoms with Crippen LogP contribution in [-0.4, -0.2) is 0 Å². The van der Waals surface area contributed by atoms with Gasteiger partial charge in [-0.05, 0) is 146 Å². The molecule has 15 aromatic carbocycles. The molecule has 0 saturated heterocycles. The van der Waals surface area contributed by atoms with E-state index in [0.29, 0.717) is 0 Å². The zero-order valence-electron chi connectivity index (χ0n) is 44.7. The number of para-hydroxylation sites is 2. The molecule has 0 aliphatic carbocycles. The quantitative estimate of drug-likeness (QED) is 0.117. The summed E-state index contributed by atoms with van der Waals surface area (Å²) < 4.78 is 14.3. The van der Waals surface area contributed by atoms with Gasteiger partial charge in [-0.25, -0.2) is 0 Å². The van der Waals surface area contributed by atoms with Crippen molar-refractivity contribution < 1.29 is 9.47 Å². The summed E-state index contributed by atoms with van der Waals surface area (Å²) in [5.74, 6) is 3.38. The van der Waals surface area contributed by atoms with E-state index >= 15 is 0 Å². The van der Waals surface area contributed by atoms with Gasteiger partial charge in [0, 0.05) is 22.3 Å². The van der Waals surface area contributed by atoms with Gasteiger partial charge in [-0.2, -0.15) is 0 Å². The van der Waals surface area contributed by atoms with Crippen LogP contribution in [-0.2, 0) is 10.8 Å². The Balaban J connectivity index is 1.04. The molecule has 2 heterocycles. The molecule has 0 atom stereocenters. The standard InChI is InChI=1S/C80H50O2/c1-5-26-54(27-6-1)79(55-28-7-2-8-29-55)68-41-13-15-43-70(68)81-72-45-21-39-63(77(72)79)58-34-19-37-60-65(58)50-66-59(35-20-38-61(66)76(60)67-49-53-25-17-23-51-47-48-52-24-18-36-62(67)75(52)74(51)53)64-40-22-46-73-78(64)80(56-30-9-3-10-31-56,57-32-11-4-12-33-57)69-42-14-16-44-71(69)82-73/h1-50H. The Labute approximate surface area is 475 Å². The van der Waals surface area contributed by atoms with Crippen LogP contribution in [0, 0.1) is 0 Å². The molecular formula is C80H50O2. The van der Waals surface area contributed by atoms with E-state index in [0.717, 1.165) is 78.3 Å². The van der Waals surface area contributed by atoms with Crippen LogP contribution in [0.25, 0.3) is 87.2 Å². The molecule has 0 fully saturated rings. The molecular weight excluding hydrogens is 993 g/mol. The van der Waals surface area contributed by atoms with Crippen molar-refractivity contribution in [3.05, 3.63) is 348 Å². The predicted octanol–water partition coefficient (Wildman–Crippen LogP) is 20.9. The van der Waals surface area contributed by atoms with Crippen molar-refractivity contribution in [1.29, 1.82) is 0 Å². The van der Waals surface area contributed by atoms with Crippen LogP contribution in [0.15, 0.2) is 303 Å². The minimum absolute atomic E-state index is 0.752. The molecule has 0 spiro atoms. The molecule has 15 aromatic rings. The first-order valence-electron chi connectivity index (χ1n) is 28.4. The summed E-state index contributed by atoms with van der Waals surface area (Å²) in [6, 6.07) is 112. The van der Waals surface area contributed by atoms with Gasteiger partial charge in [0.15, 0.2) is 0 Å². The second kappa shape index (κ2) is 18.0. The van der Waals surface area contributed by atoms with Crippen LogP contribution in [0.3, 0.4) is 0 Å². The monoisotopic (exact) mass is 1040 g/mol. The van der Waals surface area contributed by atoms with Gasteiger partial charge in [0.1, 0.15) is 23.0 Å². The molecule has 2 heteroatoms. The van der Waals surface area contributed by atoms with E-state index in [9.17, 15) is 0 Å². The van der Waals surface area contributed by atoms with E-state index < -0.39 is 10.8 Å². The van der Waals surface area contributed by atoms with Crippen molar-refractivity contribution in [2.24, 2.45) is 0 Å². The minimum atomic E-state index is -0.752. The number of rotatable bonds is 7. The molecule has 0 N–H and O–H groups in total. The van der Waals surface area contributed by atoms with E-state index in [1.54, 1.807) is 0 Å². The van der Waals surface area contributed by atoms with Crippen LogP contribution in [0.5, 0.6) is 23.0 Å². The predicted molar refractivity (Wildman–Crippen MR) is 338 cm³/mol. The smallest absolute Gasteiger partial charge is 0.132 e. The summed E-state index contributed by atoms with van der Waals surface area (Å²) in [7, 11) is 0. The molecule has 0 aromatic heterocycles. The maximum Gasteiger partial charge on any atom is 0.132 e. The van der Waals surface area contributed by atoms with Gasteiger partial charge in [-0.1, -0.05) is 267 Å². The number of benzene rings is 15. The molecule has 17 rings (SSSR count). The van der Waals surface area contributed by atoms with Crippen molar-refractivity contribution in [3.8, 4) is 56.4 Å². The summed E-state index contributed by atoms with van der Waals surface area (Å²) in [6.07, 6.45) is 0. The van der Waals surface area contributed by atoms with Crippen molar-refractivity contribution in [1.82, 2.24) is 0 Å². The highest BCUT2D eigenvalue weighted by atomic mass is 16.5. The molecule has 0 saturated carbocycles. The third kappa shape index (κ3) is 6.46. The molecule has 2 nitrogen and oxygen atoms in total. The maximum atomic E-state index is 7.16. The fraction of sp³-hybridized carbons (Fsp3) is 0.0250. The lowest BCUT2D eigenvalue weighted by molar-refractivity contribution is 0.435. The van der Waals surface area contributed by atoms with E-state index in [2.05, 4.69) is 303 Å². The summed E-state index contributed by atoms with van der Waals surface area (Å²) in [5, 5.41) is 12.2. The second-order valence-corrected chi connectivity index (χ2v) is 22.0. The van der Waals surface area contributed by atoms with Crippen LogP contribution < -0.4 is 9.47 Å². The van der Waals surface area contributed by atoms with Crippen molar-refractivity contribution in [2.75, 3.05) is 0 Å². The van der Waals surface area contributed by atoms with Crippen molar-refractivity contribution >= 4 is 53.9 Å². The van der Waals surface area contributed by atoms with Crippen LogP contribution in [0.4, 0.5) is 0 Å². The van der Waals surface area contributed by atoms with Crippen LogP contribution in [0.1, 0.15) is 44.5 Å². The third-order valence-corrected chi connectivity index (χ3v) is 18.0. The SMILES string of the molecule is c1ccc(C2(c3ccccc3)c3ccccc3Oc3cccc(-c4cccc5c(-c6cc7cccc8ccc9cccc6c9c87)c6cccc(-c7cccc8c7C(c7ccccc7)(c7ccccc7)c7ccccc7O8)c6cc45)c32)cc1. The Morgan fingerprint density at radius 1 is 0.220 bits per heavy atom. The first-order valence-corrected chi connectivity index (χ1v) is 28.4. The first-order chi connectivity index (χ1) is 40.7. The van der Waals surface area contributed by atoms with Crippen LogP contribution >= 0.6 is 0 Å². The molecule has 2 aliphatic heterocycles. The number of hydrogen-bond donors (Lipinski definition) is 0. The number of hydrogen-bond acceptors (Lipinski definition) is 2. The average molecular weight is 1040 g/mol. The third-order valence-electron chi connectivity index (χ3n) is 18.0. The molecule has 382 valence electrons. The lowest BCUT2D eigenvalue weighted by Crippen LogP contribution is -2.34. The zero-order valence-corrected chi connectivity index (χ0v) is 44.7. The Morgan fingerprint density at radius 2 is 0.585 bits per heavy atom. The fourth-order valence-electron chi connectivity index (χ4n) is 14.9. The molecule has 0 unspecified atom stereocenters. The summed E-state index contributed by atoms with van der Waals surface area (Å²) in [4.78, 5) is 0. The van der Waals surface area contributed by atoms with Gasteiger partial charge in [-0.15, -0.1) is 0 Å². The Bertz CT molecular complexity index is 4700. The highest BCUT2D eigenvalue weighted by molar-refractivity contribution is 6.30. The Hall–Kier alpha value is -10.5. The average Bonchev–Trinajstić information content (AvgIpc) is 3.16. The highest BCUT2D eigenvalue weighted by Crippen LogP contribution is 2.61. The van der Waals surface area contributed by atoms with Gasteiger partial charge in [0.05, 0.1) is 10.8 Å². The first kappa shape index (κ1) is 46.4. The van der Waals surface area contributed by atoms with E-state index in [1.165, 1.54) is 76.5 Å². The summed E-state index contributed by atoms with van der Waals surface area (Å²) in [5.41, 5.74) is 14.5. The molecule has 0 amide bonds. The second-order valence-electron chi connectivity index (χ2n) is 22.0. The van der Waals surface area contributed by atoms with E-state index in [4.69, 9.17) is 9.47 Å². The number of fused-ring (bicyclic) bond motifs is 6. The summed E-state index contributed by atoms with van der Waals surface area (Å²) >= 11 is 0. The zero-order chi connectivity index (χ0) is 53.9. The van der Waals surface area contributed by atoms with Gasteiger partial charge < -0.3 is 9.47 Å². The molecule has 0 radical (unpaired) electrons. The maximum absolute atomic E-state index is 7.16. The molecule has 0 bridgehead atoms. The lowest BCUT2D eigenvalue weighted by atomic mass is 9.62. The topological polar surface area (TPSA) is 18.5 Å². The highest BCUT2D eigenvalue weighted by Gasteiger charge is 2.49. The van der Waals surface area contributed by atoms with E-state index in [1.807, 2.05) is 0 Å². The van der Waals surface area contributed by atoms with Gasteiger partial charge >= 0.3 is 0 Å². The Morgan fingerprint density at radius 3 is 1.07 bits per heavy atom. The lowest BCUT2D eigenvalue weighted by Gasteiger charge is -2.43. The van der Waals surface area contributed by atoms with E-state index in [-0.39, 0.29) is 0 Å². The normalized spacial score (nSPS) is 13.8. The van der Waals surface area contributed by atoms with Crippen LogP contribution in [0.2, 0.25) is 0 Å². The van der Waals surface area contributed by atoms with Gasteiger partial charge in [0.25, 0.3) is 0 Å². The largest absolute Gasteiger partial charge is 0.457 e. The molecule has 82 heavy (non-hydrogen) atoms. The minimum Gasteiger partial charge on any atom is -0.457 e. The Kier molecular flexibility index (Phi) is 10.2.